The monoisotopic (exact) mass is 428 g/mol. The van der Waals surface area contributed by atoms with Crippen molar-refractivity contribution < 1.29 is 9.13 Å². The summed E-state index contributed by atoms with van der Waals surface area (Å²) >= 11 is 17.6. The van der Waals surface area contributed by atoms with Crippen molar-refractivity contribution in [3.05, 3.63) is 61.2 Å². The van der Waals surface area contributed by atoms with E-state index in [1.807, 2.05) is 12.1 Å². The molecular weight excluding hydrogens is 422 g/mol. The molecule has 0 atom stereocenters. The van der Waals surface area contributed by atoms with Gasteiger partial charge in [0.2, 0.25) is 0 Å². The van der Waals surface area contributed by atoms with Crippen molar-refractivity contribution in [3.8, 4) is 5.75 Å². The zero-order valence-electron chi connectivity index (χ0n) is 9.76. The second kappa shape index (κ2) is 8.10. The van der Waals surface area contributed by atoms with Gasteiger partial charge in [0.15, 0.2) is 0 Å². The Labute approximate surface area is 137 Å². The molecule has 19 heavy (non-hydrogen) atoms. The van der Waals surface area contributed by atoms with Crippen LogP contribution in [0.3, 0.4) is 0 Å². The molecule has 0 unspecified atom stereocenters. The maximum absolute atomic E-state index is 12.3. The Morgan fingerprint density at radius 3 is 1.84 bits per heavy atom. The molecule has 0 radical (unpaired) electrons. The zero-order valence-corrected chi connectivity index (χ0v) is 14.4. The van der Waals surface area contributed by atoms with Crippen molar-refractivity contribution in [1.82, 2.24) is 0 Å². The predicted octanol–water partition coefficient (Wildman–Crippen LogP) is 6.35. The van der Waals surface area contributed by atoms with Crippen LogP contribution in [0.15, 0.2) is 45.3 Å². The Hall–Kier alpha value is -0.290. The average Bonchev–Trinajstić information content (AvgIpc) is 2.26. The fourth-order valence-corrected chi connectivity index (χ4v) is 2.81. The molecule has 0 aromatic heterocycles. The smallest absolute Gasteiger partial charge is 0.125 e. The van der Waals surface area contributed by atoms with E-state index in [-0.39, 0.29) is 5.82 Å². The fourth-order valence-electron chi connectivity index (χ4n) is 1.17. The highest BCUT2D eigenvalue weighted by Crippen LogP contribution is 2.23. The number of hydrogen-bond acceptors (Lipinski definition) is 1. The minimum atomic E-state index is -0.325. The Balaban J connectivity index is 0.000000191. The number of rotatable bonds is 1. The van der Waals surface area contributed by atoms with E-state index in [2.05, 4.69) is 31.9 Å². The van der Waals surface area contributed by atoms with Crippen LogP contribution in [0.2, 0.25) is 10.0 Å². The fraction of sp³-hybridized carbons (Fsp3) is 0.0769. The standard InChI is InChI=1S/C7H6BrClO.C6H3BrClF/c1-10-7-3-5(8)2-6(9)4-7;7-4-1-5(8)3-6(9)2-4/h2-4H,1H3;1-3H. The van der Waals surface area contributed by atoms with Gasteiger partial charge in [-0.3, -0.25) is 0 Å². The van der Waals surface area contributed by atoms with Crippen LogP contribution in [-0.4, -0.2) is 7.11 Å². The van der Waals surface area contributed by atoms with Crippen molar-refractivity contribution in [2.24, 2.45) is 0 Å². The van der Waals surface area contributed by atoms with Gasteiger partial charge in [-0.2, -0.15) is 0 Å². The van der Waals surface area contributed by atoms with Crippen LogP contribution in [0.4, 0.5) is 4.39 Å². The molecule has 0 saturated carbocycles. The molecule has 2 aromatic rings. The van der Waals surface area contributed by atoms with Crippen molar-refractivity contribution in [1.29, 1.82) is 0 Å². The second-order valence-electron chi connectivity index (χ2n) is 3.40. The first kappa shape index (κ1) is 16.8. The van der Waals surface area contributed by atoms with Crippen molar-refractivity contribution in [3.63, 3.8) is 0 Å². The molecule has 0 amide bonds. The summed E-state index contributed by atoms with van der Waals surface area (Å²) in [7, 11) is 1.61. The van der Waals surface area contributed by atoms with Crippen LogP contribution in [0.5, 0.6) is 5.75 Å². The summed E-state index contributed by atoms with van der Waals surface area (Å²) in [4.78, 5) is 0. The van der Waals surface area contributed by atoms with E-state index >= 15 is 0 Å². The van der Waals surface area contributed by atoms with Gasteiger partial charge in [0.1, 0.15) is 11.6 Å². The molecule has 0 fully saturated rings. The molecule has 0 aliphatic carbocycles. The van der Waals surface area contributed by atoms with Gasteiger partial charge in [-0.05, 0) is 36.4 Å². The van der Waals surface area contributed by atoms with Gasteiger partial charge >= 0.3 is 0 Å². The van der Waals surface area contributed by atoms with E-state index in [0.717, 1.165) is 10.2 Å². The lowest BCUT2D eigenvalue weighted by molar-refractivity contribution is 0.414. The first-order chi connectivity index (χ1) is 8.90. The first-order valence-corrected chi connectivity index (χ1v) is 7.36. The van der Waals surface area contributed by atoms with Gasteiger partial charge in [0.05, 0.1) is 7.11 Å². The lowest BCUT2D eigenvalue weighted by atomic mass is 10.3. The highest BCUT2D eigenvalue weighted by Gasteiger charge is 1.95. The molecule has 102 valence electrons. The van der Waals surface area contributed by atoms with Crippen LogP contribution in [0.1, 0.15) is 0 Å². The van der Waals surface area contributed by atoms with Gasteiger partial charge < -0.3 is 4.74 Å². The van der Waals surface area contributed by atoms with Crippen LogP contribution in [-0.2, 0) is 0 Å². The third-order valence-corrected chi connectivity index (χ3v) is 3.25. The highest BCUT2D eigenvalue weighted by atomic mass is 79.9. The number of ether oxygens (including phenoxy) is 1. The Kier molecular flexibility index (Phi) is 7.15. The molecule has 0 N–H and O–H groups in total. The van der Waals surface area contributed by atoms with Gasteiger partial charge in [0, 0.05) is 19.0 Å². The second-order valence-corrected chi connectivity index (χ2v) is 6.10. The lowest BCUT2D eigenvalue weighted by Gasteiger charge is -1.99. The van der Waals surface area contributed by atoms with Crippen LogP contribution < -0.4 is 4.74 Å². The minimum absolute atomic E-state index is 0.325. The van der Waals surface area contributed by atoms with Crippen molar-refractivity contribution in [2.75, 3.05) is 7.11 Å². The molecule has 0 spiro atoms. The lowest BCUT2D eigenvalue weighted by Crippen LogP contribution is -1.81. The van der Waals surface area contributed by atoms with Crippen molar-refractivity contribution in [2.45, 2.75) is 0 Å². The molecule has 2 aromatic carbocycles. The number of benzene rings is 2. The predicted molar refractivity (Wildman–Crippen MR) is 84.8 cm³/mol. The topological polar surface area (TPSA) is 9.23 Å². The molecule has 0 saturated heterocycles. The maximum Gasteiger partial charge on any atom is 0.125 e. The summed E-state index contributed by atoms with van der Waals surface area (Å²) in [6.07, 6.45) is 0. The largest absolute Gasteiger partial charge is 0.497 e. The van der Waals surface area contributed by atoms with Crippen molar-refractivity contribution >= 4 is 55.1 Å². The van der Waals surface area contributed by atoms with E-state index in [1.165, 1.54) is 12.1 Å². The molecule has 0 bridgehead atoms. The third kappa shape index (κ3) is 6.61. The SMILES string of the molecule is COc1cc(Cl)cc(Br)c1.Fc1cc(Cl)cc(Br)c1. The Morgan fingerprint density at radius 1 is 0.895 bits per heavy atom. The van der Waals surface area contributed by atoms with Gasteiger partial charge in [-0.25, -0.2) is 4.39 Å². The van der Waals surface area contributed by atoms with Crippen LogP contribution >= 0.6 is 55.1 Å². The number of hydrogen-bond donors (Lipinski definition) is 0. The molecule has 0 heterocycles. The summed E-state index contributed by atoms with van der Waals surface area (Å²) in [5.74, 6) is 0.439. The van der Waals surface area contributed by atoms with Crippen LogP contribution in [0, 0.1) is 5.82 Å². The summed E-state index contributed by atoms with van der Waals surface area (Å²) in [5, 5.41) is 1.08. The maximum atomic E-state index is 12.3. The normalized spacial score (nSPS) is 9.58. The minimum Gasteiger partial charge on any atom is -0.497 e. The highest BCUT2D eigenvalue weighted by molar-refractivity contribution is 9.10. The summed E-state index contributed by atoms with van der Waals surface area (Å²) in [5.41, 5.74) is 0. The summed E-state index contributed by atoms with van der Waals surface area (Å²) in [6, 6.07) is 9.66. The molecule has 0 aliphatic heterocycles. The first-order valence-electron chi connectivity index (χ1n) is 5.02. The van der Waals surface area contributed by atoms with Gasteiger partial charge in [-0.1, -0.05) is 55.1 Å². The molecule has 6 heteroatoms. The van der Waals surface area contributed by atoms with E-state index in [1.54, 1.807) is 19.2 Å². The van der Waals surface area contributed by atoms with Crippen LogP contribution in [0.25, 0.3) is 0 Å². The number of methoxy groups -OCH3 is 1. The summed E-state index contributed by atoms with van der Waals surface area (Å²) in [6.45, 7) is 0. The van der Waals surface area contributed by atoms with E-state index < -0.39 is 0 Å². The quantitative estimate of drug-likeness (QED) is 0.512. The van der Waals surface area contributed by atoms with E-state index in [0.29, 0.717) is 14.5 Å². The van der Waals surface area contributed by atoms with E-state index in [9.17, 15) is 4.39 Å². The van der Waals surface area contributed by atoms with E-state index in [4.69, 9.17) is 27.9 Å². The third-order valence-electron chi connectivity index (χ3n) is 1.90. The molecule has 0 aliphatic rings. The molecule has 1 nitrogen and oxygen atoms in total. The Bertz CT molecular complexity index is 494. The zero-order chi connectivity index (χ0) is 14.4. The molecular formula is C13H9Br2Cl2FO. The van der Waals surface area contributed by atoms with Gasteiger partial charge in [-0.15, -0.1) is 0 Å². The van der Waals surface area contributed by atoms with Gasteiger partial charge in [0.25, 0.3) is 0 Å². The molecule has 2 rings (SSSR count). The number of halogens is 5. The summed E-state index contributed by atoms with van der Waals surface area (Å²) < 4.78 is 18.9. The Morgan fingerprint density at radius 2 is 1.42 bits per heavy atom. The average molecular weight is 431 g/mol.